The summed E-state index contributed by atoms with van der Waals surface area (Å²) in [4.78, 5) is 59.5. The van der Waals surface area contributed by atoms with Gasteiger partial charge in [0.1, 0.15) is 25.3 Å². The van der Waals surface area contributed by atoms with Gasteiger partial charge in [0.15, 0.2) is 0 Å². The van der Waals surface area contributed by atoms with Crippen molar-refractivity contribution < 1.29 is 43.7 Å². The van der Waals surface area contributed by atoms with Crippen molar-refractivity contribution in [3.05, 3.63) is 71.8 Å². The Morgan fingerprint density at radius 3 is 1.75 bits per heavy atom. The molecule has 0 spiro atoms. The summed E-state index contributed by atoms with van der Waals surface area (Å²) in [6, 6.07) is 14.9. The van der Waals surface area contributed by atoms with Crippen molar-refractivity contribution in [1.29, 1.82) is 0 Å². The number of aliphatic carboxylic acids is 2. The van der Waals surface area contributed by atoms with Crippen LogP contribution in [0.25, 0.3) is 0 Å². The SMILES string of the molecule is O=C(O)CCC(NC(=O)C(CCC(=O)OCc1ccccc1)NC(=O)OCc1ccccc1)C(=O)O. The van der Waals surface area contributed by atoms with Crippen molar-refractivity contribution in [2.45, 2.75) is 51.0 Å². The monoisotopic (exact) mass is 500 g/mol. The Labute approximate surface area is 207 Å². The van der Waals surface area contributed by atoms with Crippen LogP contribution in [-0.4, -0.2) is 52.2 Å². The molecule has 0 aliphatic rings. The highest BCUT2D eigenvalue weighted by atomic mass is 16.5. The Morgan fingerprint density at radius 2 is 1.22 bits per heavy atom. The Kier molecular flexibility index (Phi) is 11.4. The van der Waals surface area contributed by atoms with Crippen LogP contribution in [0.15, 0.2) is 60.7 Å². The normalized spacial score (nSPS) is 12.0. The zero-order valence-electron chi connectivity index (χ0n) is 19.4. The van der Waals surface area contributed by atoms with E-state index in [1.54, 1.807) is 54.6 Å². The molecule has 2 atom stereocenters. The number of carbonyl (C=O) groups excluding carboxylic acids is 3. The van der Waals surface area contributed by atoms with Crippen LogP contribution in [0.5, 0.6) is 0 Å². The lowest BCUT2D eigenvalue weighted by atomic mass is 10.1. The molecule has 0 aromatic heterocycles. The number of ether oxygens (including phenoxy) is 2. The van der Waals surface area contributed by atoms with Gasteiger partial charge in [-0.05, 0) is 24.0 Å². The Balaban J connectivity index is 1.98. The third-order valence-electron chi connectivity index (χ3n) is 4.96. The van der Waals surface area contributed by atoms with E-state index in [-0.39, 0.29) is 32.5 Å². The predicted octanol–water partition coefficient (Wildman–Crippen LogP) is 2.24. The summed E-state index contributed by atoms with van der Waals surface area (Å²) in [5, 5.41) is 22.7. The van der Waals surface area contributed by atoms with Crippen molar-refractivity contribution in [2.75, 3.05) is 0 Å². The molecule has 0 radical (unpaired) electrons. The van der Waals surface area contributed by atoms with Gasteiger partial charge in [-0.15, -0.1) is 0 Å². The molecule has 0 fully saturated rings. The van der Waals surface area contributed by atoms with E-state index in [4.69, 9.17) is 14.6 Å². The lowest BCUT2D eigenvalue weighted by Gasteiger charge is -2.21. The lowest BCUT2D eigenvalue weighted by Crippen LogP contribution is -2.52. The fourth-order valence-electron chi connectivity index (χ4n) is 3.05. The minimum atomic E-state index is -1.50. The molecule has 0 heterocycles. The minimum Gasteiger partial charge on any atom is -0.481 e. The first-order valence-corrected chi connectivity index (χ1v) is 11.2. The third kappa shape index (κ3) is 10.7. The molecule has 11 heteroatoms. The highest BCUT2D eigenvalue weighted by molar-refractivity contribution is 5.89. The Hall–Kier alpha value is -4.41. The van der Waals surface area contributed by atoms with Crippen LogP contribution in [0.4, 0.5) is 4.79 Å². The first-order valence-electron chi connectivity index (χ1n) is 11.2. The van der Waals surface area contributed by atoms with Gasteiger partial charge in [0.2, 0.25) is 5.91 Å². The highest BCUT2D eigenvalue weighted by Crippen LogP contribution is 2.07. The molecule has 0 saturated carbocycles. The van der Waals surface area contributed by atoms with Gasteiger partial charge < -0.3 is 30.3 Å². The molecule has 0 saturated heterocycles. The number of carbonyl (C=O) groups is 5. The number of carboxylic acid groups (broad SMARTS) is 2. The summed E-state index contributed by atoms with van der Waals surface area (Å²) in [7, 11) is 0. The van der Waals surface area contributed by atoms with Crippen molar-refractivity contribution >= 4 is 29.9 Å². The predicted molar refractivity (Wildman–Crippen MR) is 125 cm³/mol. The van der Waals surface area contributed by atoms with Gasteiger partial charge in [-0.25, -0.2) is 9.59 Å². The molecule has 36 heavy (non-hydrogen) atoms. The molecule has 0 aliphatic carbocycles. The zero-order valence-corrected chi connectivity index (χ0v) is 19.4. The number of amides is 2. The lowest BCUT2D eigenvalue weighted by molar-refractivity contribution is -0.146. The molecular weight excluding hydrogens is 472 g/mol. The van der Waals surface area contributed by atoms with E-state index < -0.39 is 48.4 Å². The quantitative estimate of drug-likeness (QED) is 0.284. The third-order valence-corrected chi connectivity index (χ3v) is 4.96. The largest absolute Gasteiger partial charge is 0.481 e. The molecule has 0 aliphatic heterocycles. The second-order valence-electron chi connectivity index (χ2n) is 7.78. The van der Waals surface area contributed by atoms with E-state index in [0.717, 1.165) is 5.56 Å². The fourth-order valence-corrected chi connectivity index (χ4v) is 3.05. The minimum absolute atomic E-state index is 0.0271. The summed E-state index contributed by atoms with van der Waals surface area (Å²) in [6.45, 7) is -0.0458. The molecule has 2 amide bonds. The second kappa shape index (κ2) is 14.8. The highest BCUT2D eigenvalue weighted by Gasteiger charge is 2.28. The maximum Gasteiger partial charge on any atom is 0.408 e. The van der Waals surface area contributed by atoms with Crippen molar-refractivity contribution in [3.63, 3.8) is 0 Å². The number of hydrogen-bond acceptors (Lipinski definition) is 7. The van der Waals surface area contributed by atoms with E-state index in [2.05, 4.69) is 10.6 Å². The molecule has 11 nitrogen and oxygen atoms in total. The van der Waals surface area contributed by atoms with Gasteiger partial charge in [-0.3, -0.25) is 14.4 Å². The van der Waals surface area contributed by atoms with Crippen LogP contribution in [0, 0.1) is 0 Å². The summed E-state index contributed by atoms with van der Waals surface area (Å²) in [5.74, 6) is -4.19. The number of benzene rings is 2. The second-order valence-corrected chi connectivity index (χ2v) is 7.78. The molecule has 0 bridgehead atoms. The van der Waals surface area contributed by atoms with Gasteiger partial charge in [-0.2, -0.15) is 0 Å². The summed E-state index contributed by atoms with van der Waals surface area (Å²) >= 11 is 0. The van der Waals surface area contributed by atoms with Crippen molar-refractivity contribution in [3.8, 4) is 0 Å². The summed E-state index contributed by atoms with van der Waals surface area (Å²) < 4.78 is 10.3. The maximum absolute atomic E-state index is 12.8. The van der Waals surface area contributed by atoms with Crippen molar-refractivity contribution in [2.24, 2.45) is 0 Å². The molecule has 2 aromatic carbocycles. The smallest absolute Gasteiger partial charge is 0.408 e. The average Bonchev–Trinajstić information content (AvgIpc) is 2.87. The van der Waals surface area contributed by atoms with Crippen LogP contribution in [0.2, 0.25) is 0 Å². The van der Waals surface area contributed by atoms with Crippen molar-refractivity contribution in [1.82, 2.24) is 10.6 Å². The van der Waals surface area contributed by atoms with E-state index in [1.165, 1.54) is 0 Å². The van der Waals surface area contributed by atoms with E-state index in [1.807, 2.05) is 6.07 Å². The molecule has 4 N–H and O–H groups in total. The van der Waals surface area contributed by atoms with Gasteiger partial charge in [-0.1, -0.05) is 60.7 Å². The number of carboxylic acids is 2. The number of alkyl carbamates (subject to hydrolysis) is 1. The standard InChI is InChI=1S/C25H28N2O9/c28-21(29)13-11-20(24(32)33)26-23(31)19(27-25(34)36-16-18-9-5-2-6-10-18)12-14-22(30)35-15-17-7-3-1-4-8-17/h1-10,19-20H,11-16H2,(H,26,31)(H,27,34)(H,28,29)(H,32,33). The number of nitrogens with one attached hydrogen (secondary N) is 2. The van der Waals surface area contributed by atoms with E-state index >= 15 is 0 Å². The van der Waals surface area contributed by atoms with Crippen LogP contribution in [0.3, 0.4) is 0 Å². The van der Waals surface area contributed by atoms with Gasteiger partial charge in [0, 0.05) is 12.8 Å². The number of rotatable bonds is 14. The van der Waals surface area contributed by atoms with Crippen LogP contribution in [-0.2, 0) is 41.9 Å². The first kappa shape index (κ1) is 27.8. The molecule has 2 unspecified atom stereocenters. The first-order chi connectivity index (χ1) is 17.2. The Bertz CT molecular complexity index is 1030. The summed E-state index contributed by atoms with van der Waals surface area (Å²) in [5.41, 5.74) is 1.48. The van der Waals surface area contributed by atoms with Gasteiger partial charge in [0.25, 0.3) is 0 Å². The molecule has 2 aromatic rings. The number of esters is 1. The van der Waals surface area contributed by atoms with E-state index in [9.17, 15) is 29.1 Å². The number of hydrogen-bond donors (Lipinski definition) is 4. The van der Waals surface area contributed by atoms with Gasteiger partial charge in [0.05, 0.1) is 0 Å². The van der Waals surface area contributed by atoms with Crippen LogP contribution < -0.4 is 10.6 Å². The zero-order chi connectivity index (χ0) is 26.3. The molecule has 2 rings (SSSR count). The van der Waals surface area contributed by atoms with Crippen LogP contribution >= 0.6 is 0 Å². The fraction of sp³-hybridized carbons (Fsp3) is 0.320. The van der Waals surface area contributed by atoms with E-state index in [0.29, 0.717) is 5.56 Å². The van der Waals surface area contributed by atoms with Crippen LogP contribution in [0.1, 0.15) is 36.8 Å². The summed E-state index contributed by atoms with van der Waals surface area (Å²) in [6.07, 6.45) is -2.25. The maximum atomic E-state index is 12.8. The Morgan fingerprint density at radius 1 is 0.694 bits per heavy atom. The molecule has 192 valence electrons. The topological polar surface area (TPSA) is 168 Å². The average molecular weight is 501 g/mol. The molecular formula is C25H28N2O9. The van der Waals surface area contributed by atoms with Gasteiger partial charge >= 0.3 is 24.0 Å².